The van der Waals surface area contributed by atoms with Crippen molar-refractivity contribution in [2.45, 2.75) is 51.0 Å². The molecule has 3 rings (SSSR count). The lowest BCUT2D eigenvalue weighted by atomic mass is 9.97. The van der Waals surface area contributed by atoms with Gasteiger partial charge in [-0.3, -0.25) is 4.79 Å². The second-order valence-corrected chi connectivity index (χ2v) is 5.92. The summed E-state index contributed by atoms with van der Waals surface area (Å²) in [4.78, 5) is 16.3. The number of aromatic nitrogens is 2. The molecule has 0 radical (unpaired) electrons. The molecule has 1 aromatic rings. The van der Waals surface area contributed by atoms with Gasteiger partial charge in [0.15, 0.2) is 5.15 Å². The predicted octanol–water partition coefficient (Wildman–Crippen LogP) is 2.93. The molecule has 1 unspecified atom stereocenters. The van der Waals surface area contributed by atoms with Crippen LogP contribution in [0.25, 0.3) is 0 Å². The van der Waals surface area contributed by atoms with Crippen LogP contribution in [0.1, 0.15) is 49.5 Å². The fourth-order valence-corrected chi connectivity index (χ4v) is 3.68. The number of imidazole rings is 1. The fourth-order valence-electron chi connectivity index (χ4n) is 3.39. The summed E-state index contributed by atoms with van der Waals surface area (Å²) in [7, 11) is 1.45. The van der Waals surface area contributed by atoms with Gasteiger partial charge < -0.3 is 9.30 Å². The minimum absolute atomic E-state index is 0.0529. The predicted molar refractivity (Wildman–Crippen MR) is 72.3 cm³/mol. The van der Waals surface area contributed by atoms with Crippen LogP contribution in [0.5, 0.6) is 0 Å². The van der Waals surface area contributed by atoms with Crippen LogP contribution < -0.4 is 0 Å². The van der Waals surface area contributed by atoms with Crippen molar-refractivity contribution in [3.63, 3.8) is 0 Å². The van der Waals surface area contributed by atoms with Crippen molar-refractivity contribution in [1.29, 1.82) is 0 Å². The molecule has 1 aliphatic carbocycles. The van der Waals surface area contributed by atoms with Crippen LogP contribution in [0.2, 0.25) is 5.15 Å². The van der Waals surface area contributed by atoms with Crippen LogP contribution in [0.3, 0.4) is 0 Å². The van der Waals surface area contributed by atoms with Gasteiger partial charge in [-0.25, -0.2) is 4.98 Å². The summed E-state index contributed by atoms with van der Waals surface area (Å²) in [6.45, 7) is 0.674. The minimum Gasteiger partial charge on any atom is -0.469 e. The Labute approximate surface area is 118 Å². The smallest absolute Gasteiger partial charge is 0.310 e. The third kappa shape index (κ3) is 2.27. The molecule has 1 atom stereocenters. The van der Waals surface area contributed by atoms with Gasteiger partial charge in [-0.15, -0.1) is 0 Å². The number of carbonyl (C=O) groups is 1. The first-order valence-electron chi connectivity index (χ1n) is 7.03. The van der Waals surface area contributed by atoms with Gasteiger partial charge in [0.25, 0.3) is 0 Å². The summed E-state index contributed by atoms with van der Waals surface area (Å²) < 4.78 is 7.06. The second-order valence-electron chi connectivity index (χ2n) is 5.56. The van der Waals surface area contributed by atoms with Gasteiger partial charge in [0.05, 0.1) is 18.7 Å². The molecule has 0 amide bonds. The van der Waals surface area contributed by atoms with E-state index in [-0.39, 0.29) is 11.9 Å². The number of fused-ring (bicyclic) bond motifs is 1. The molecule has 0 spiro atoms. The Morgan fingerprint density at radius 1 is 1.37 bits per heavy atom. The van der Waals surface area contributed by atoms with Crippen LogP contribution in [0.4, 0.5) is 0 Å². The Morgan fingerprint density at radius 3 is 2.79 bits per heavy atom. The molecule has 5 heteroatoms. The van der Waals surface area contributed by atoms with E-state index >= 15 is 0 Å². The van der Waals surface area contributed by atoms with E-state index in [4.69, 9.17) is 16.3 Å². The average molecular weight is 283 g/mol. The lowest BCUT2D eigenvalue weighted by Gasteiger charge is -2.25. The van der Waals surface area contributed by atoms with Gasteiger partial charge in [0.1, 0.15) is 5.82 Å². The largest absolute Gasteiger partial charge is 0.469 e. The summed E-state index contributed by atoms with van der Waals surface area (Å²) >= 11 is 6.25. The standard InChI is InChI=1S/C14H19ClN2O2/c1-19-14(18)10-6-7-11-12(15)16-13(17(11)8-10)9-4-2-3-5-9/h9-10H,2-8H2,1H3. The number of ether oxygens (including phenoxy) is 1. The van der Waals surface area contributed by atoms with Crippen molar-refractivity contribution in [3.8, 4) is 0 Å². The lowest BCUT2D eigenvalue weighted by Crippen LogP contribution is -2.28. The van der Waals surface area contributed by atoms with Gasteiger partial charge in [-0.2, -0.15) is 0 Å². The molecule has 4 nitrogen and oxygen atoms in total. The number of methoxy groups -OCH3 is 1. The number of nitrogens with zero attached hydrogens (tertiary/aromatic N) is 2. The molecule has 2 aliphatic rings. The first-order valence-corrected chi connectivity index (χ1v) is 7.41. The molecule has 0 aromatic carbocycles. The van der Waals surface area contributed by atoms with E-state index in [0.29, 0.717) is 17.6 Å². The van der Waals surface area contributed by atoms with Crippen molar-refractivity contribution in [3.05, 3.63) is 16.7 Å². The first kappa shape index (κ1) is 13.0. The van der Waals surface area contributed by atoms with E-state index in [1.807, 2.05) is 0 Å². The Kier molecular flexibility index (Phi) is 3.52. The topological polar surface area (TPSA) is 44.1 Å². The van der Waals surface area contributed by atoms with Crippen LogP contribution in [-0.4, -0.2) is 22.6 Å². The summed E-state index contributed by atoms with van der Waals surface area (Å²) in [5.74, 6) is 1.43. The number of halogens is 1. The number of carbonyl (C=O) groups excluding carboxylic acids is 1. The molecule has 1 aliphatic heterocycles. The zero-order valence-corrected chi connectivity index (χ0v) is 11.9. The summed E-state index contributed by atoms with van der Waals surface area (Å²) in [5.41, 5.74) is 1.10. The van der Waals surface area contributed by atoms with Crippen molar-refractivity contribution < 1.29 is 9.53 Å². The maximum atomic E-state index is 11.7. The highest BCUT2D eigenvalue weighted by Gasteiger charge is 2.32. The van der Waals surface area contributed by atoms with Crippen molar-refractivity contribution in [2.75, 3.05) is 7.11 Å². The summed E-state index contributed by atoms with van der Waals surface area (Å²) in [6, 6.07) is 0. The third-order valence-corrected chi connectivity index (χ3v) is 4.74. The summed E-state index contributed by atoms with van der Waals surface area (Å²) in [6.07, 6.45) is 6.54. The molecular formula is C14H19ClN2O2. The quantitative estimate of drug-likeness (QED) is 0.784. The Morgan fingerprint density at radius 2 is 2.11 bits per heavy atom. The van der Waals surface area contributed by atoms with Crippen LogP contribution >= 0.6 is 11.6 Å². The highest BCUT2D eigenvalue weighted by Crippen LogP contribution is 2.37. The van der Waals surface area contributed by atoms with Gasteiger partial charge in [0.2, 0.25) is 0 Å². The SMILES string of the molecule is COC(=O)C1CCc2c(Cl)nc(C3CCCC3)n2C1. The highest BCUT2D eigenvalue weighted by molar-refractivity contribution is 6.30. The van der Waals surface area contributed by atoms with Gasteiger partial charge in [0, 0.05) is 12.5 Å². The highest BCUT2D eigenvalue weighted by atomic mass is 35.5. The molecule has 0 saturated heterocycles. The van der Waals surface area contributed by atoms with Gasteiger partial charge in [-0.1, -0.05) is 24.4 Å². The molecule has 19 heavy (non-hydrogen) atoms. The van der Waals surface area contributed by atoms with E-state index in [0.717, 1.165) is 24.4 Å². The van der Waals surface area contributed by atoms with E-state index in [1.165, 1.54) is 32.8 Å². The average Bonchev–Trinajstić information content (AvgIpc) is 3.06. The Hall–Kier alpha value is -1.03. The molecule has 104 valence electrons. The maximum Gasteiger partial charge on any atom is 0.310 e. The van der Waals surface area contributed by atoms with E-state index in [2.05, 4.69) is 9.55 Å². The van der Waals surface area contributed by atoms with Crippen molar-refractivity contribution in [2.24, 2.45) is 5.92 Å². The van der Waals surface area contributed by atoms with Crippen molar-refractivity contribution in [1.82, 2.24) is 9.55 Å². The fraction of sp³-hybridized carbons (Fsp3) is 0.714. The number of esters is 1. The first-order chi connectivity index (χ1) is 9.20. The molecule has 0 N–H and O–H groups in total. The number of rotatable bonds is 2. The molecule has 1 aromatic heterocycles. The zero-order chi connectivity index (χ0) is 13.4. The third-order valence-electron chi connectivity index (χ3n) is 4.44. The molecule has 1 saturated carbocycles. The normalized spacial score (nSPS) is 23.4. The molecular weight excluding hydrogens is 264 g/mol. The zero-order valence-electron chi connectivity index (χ0n) is 11.2. The Bertz CT molecular complexity index is 492. The number of hydrogen-bond donors (Lipinski definition) is 0. The van der Waals surface area contributed by atoms with Gasteiger partial charge in [-0.05, 0) is 25.7 Å². The van der Waals surface area contributed by atoms with Crippen LogP contribution in [0, 0.1) is 5.92 Å². The van der Waals surface area contributed by atoms with Crippen molar-refractivity contribution >= 4 is 17.6 Å². The maximum absolute atomic E-state index is 11.7. The molecule has 2 heterocycles. The van der Waals surface area contributed by atoms with Gasteiger partial charge >= 0.3 is 5.97 Å². The molecule has 0 bridgehead atoms. The van der Waals surface area contributed by atoms with E-state index < -0.39 is 0 Å². The Balaban J connectivity index is 1.90. The second kappa shape index (κ2) is 5.16. The van der Waals surface area contributed by atoms with Crippen LogP contribution in [0.15, 0.2) is 0 Å². The number of hydrogen-bond acceptors (Lipinski definition) is 3. The molecule has 1 fully saturated rings. The van der Waals surface area contributed by atoms with E-state index in [1.54, 1.807) is 0 Å². The monoisotopic (exact) mass is 282 g/mol. The lowest BCUT2D eigenvalue weighted by molar-refractivity contribution is -0.146. The summed E-state index contributed by atoms with van der Waals surface area (Å²) in [5, 5.41) is 0.630. The van der Waals surface area contributed by atoms with Crippen LogP contribution in [-0.2, 0) is 22.5 Å². The van der Waals surface area contributed by atoms with E-state index in [9.17, 15) is 4.79 Å². The minimum atomic E-state index is -0.118.